The van der Waals surface area contributed by atoms with Gasteiger partial charge in [-0.1, -0.05) is 60.7 Å². The number of aliphatic carboxylic acids is 1. The standard InChI is InChI=1S/C21H22N3O6PS/c25-17(26)11-16-13-32-20(22-16)23-19(28)21(24-31-29,18(27)15-9-5-2-6-10-15)30-12-14-7-3-1-4-8-14/h1-10,13,18,27H,11-12,31H2,(H,24,29)(H,25,26)(H,22,23,28). The zero-order valence-electron chi connectivity index (χ0n) is 16.8. The van der Waals surface area contributed by atoms with Crippen LogP contribution in [0.5, 0.6) is 0 Å². The van der Waals surface area contributed by atoms with Gasteiger partial charge in [-0.2, -0.15) is 0 Å². The quantitative estimate of drug-likeness (QED) is 0.245. The number of ether oxygens (including phenoxy) is 1. The van der Waals surface area contributed by atoms with Crippen molar-refractivity contribution < 1.29 is 29.1 Å². The van der Waals surface area contributed by atoms with Gasteiger partial charge in [0.25, 0.3) is 5.91 Å². The van der Waals surface area contributed by atoms with Crippen LogP contribution in [-0.2, 0) is 31.9 Å². The van der Waals surface area contributed by atoms with Crippen molar-refractivity contribution in [3.8, 4) is 0 Å². The van der Waals surface area contributed by atoms with Gasteiger partial charge >= 0.3 is 5.97 Å². The molecule has 11 heteroatoms. The number of nitrogens with one attached hydrogen (secondary N) is 2. The molecule has 0 saturated heterocycles. The smallest absolute Gasteiger partial charge is 0.309 e. The van der Waals surface area contributed by atoms with Crippen molar-refractivity contribution in [1.29, 1.82) is 0 Å². The second-order valence-corrected chi connectivity index (χ2v) is 8.14. The first-order valence-corrected chi connectivity index (χ1v) is 11.5. The molecular weight excluding hydrogens is 453 g/mol. The van der Waals surface area contributed by atoms with E-state index < -0.39 is 32.3 Å². The summed E-state index contributed by atoms with van der Waals surface area (Å²) >= 11 is 1.03. The highest BCUT2D eigenvalue weighted by Gasteiger charge is 2.47. The van der Waals surface area contributed by atoms with E-state index in [9.17, 15) is 19.3 Å². The minimum atomic E-state index is -2.09. The zero-order valence-corrected chi connectivity index (χ0v) is 18.8. The molecule has 1 amide bonds. The maximum Gasteiger partial charge on any atom is 0.309 e. The number of hydrogen-bond acceptors (Lipinski definition) is 7. The van der Waals surface area contributed by atoms with Crippen molar-refractivity contribution in [3.63, 3.8) is 0 Å². The van der Waals surface area contributed by atoms with Gasteiger partial charge in [-0.05, 0) is 11.1 Å². The van der Waals surface area contributed by atoms with Gasteiger partial charge < -0.3 is 19.5 Å². The van der Waals surface area contributed by atoms with Crippen LogP contribution in [0.2, 0.25) is 0 Å². The number of hydrogen-bond donors (Lipinski definition) is 4. The first-order valence-electron chi connectivity index (χ1n) is 9.54. The van der Waals surface area contributed by atoms with Crippen LogP contribution < -0.4 is 10.4 Å². The molecule has 0 radical (unpaired) electrons. The van der Waals surface area contributed by atoms with E-state index in [0.29, 0.717) is 5.56 Å². The Morgan fingerprint density at radius 1 is 1.12 bits per heavy atom. The van der Waals surface area contributed by atoms with Crippen molar-refractivity contribution in [1.82, 2.24) is 10.1 Å². The fraction of sp³-hybridized carbons (Fsp3) is 0.190. The molecule has 3 unspecified atom stereocenters. The number of nitrogens with zero attached hydrogens (tertiary/aromatic N) is 1. The normalized spacial score (nSPS) is 14.2. The number of aliphatic hydroxyl groups is 1. The summed E-state index contributed by atoms with van der Waals surface area (Å²) in [6.45, 7) is -0.0489. The van der Waals surface area contributed by atoms with Gasteiger partial charge in [-0.15, -0.1) is 11.3 Å². The number of carboxylic acids is 1. The molecule has 1 aromatic heterocycles. The molecule has 2 aromatic carbocycles. The maximum absolute atomic E-state index is 13.4. The van der Waals surface area contributed by atoms with E-state index in [1.54, 1.807) is 54.6 Å². The fourth-order valence-electron chi connectivity index (χ4n) is 2.97. The number of carbonyl (C=O) groups excluding carboxylic acids is 1. The minimum Gasteiger partial charge on any atom is -0.481 e. The van der Waals surface area contributed by atoms with E-state index in [2.05, 4.69) is 15.4 Å². The SMILES string of the molecule is O=[PH2]NC(OCc1ccccc1)(C(=O)Nc1nc(CC(=O)O)cs1)C(O)c1ccccc1. The van der Waals surface area contributed by atoms with Crippen LogP contribution in [0, 0.1) is 0 Å². The molecule has 0 spiro atoms. The molecule has 9 nitrogen and oxygen atoms in total. The Hall–Kier alpha value is -2.88. The number of aliphatic hydroxyl groups excluding tert-OH is 1. The van der Waals surface area contributed by atoms with Gasteiger partial charge in [0, 0.05) is 5.38 Å². The highest BCUT2D eigenvalue weighted by Crippen LogP contribution is 2.32. The second kappa shape index (κ2) is 11.1. The first-order chi connectivity index (χ1) is 15.4. The molecule has 0 fully saturated rings. The van der Waals surface area contributed by atoms with Crippen LogP contribution in [0.15, 0.2) is 66.0 Å². The largest absolute Gasteiger partial charge is 0.481 e. The molecule has 32 heavy (non-hydrogen) atoms. The van der Waals surface area contributed by atoms with E-state index in [1.807, 2.05) is 6.07 Å². The Kier molecular flexibility index (Phi) is 8.26. The summed E-state index contributed by atoms with van der Waals surface area (Å²) in [5.74, 6) is -1.87. The Morgan fingerprint density at radius 2 is 1.78 bits per heavy atom. The fourth-order valence-corrected chi connectivity index (χ4v) is 4.23. The average molecular weight is 475 g/mol. The van der Waals surface area contributed by atoms with Crippen molar-refractivity contribution >= 4 is 37.0 Å². The molecule has 3 atom stereocenters. The molecule has 4 N–H and O–H groups in total. The highest BCUT2D eigenvalue weighted by molar-refractivity contribution is 7.21. The third-order valence-corrected chi connectivity index (χ3v) is 5.88. The Morgan fingerprint density at radius 3 is 2.41 bits per heavy atom. The summed E-state index contributed by atoms with van der Waals surface area (Å²) in [6, 6.07) is 17.4. The van der Waals surface area contributed by atoms with E-state index in [4.69, 9.17) is 9.84 Å². The number of carbonyl (C=O) groups is 2. The van der Waals surface area contributed by atoms with Crippen LogP contribution in [-0.4, -0.2) is 32.8 Å². The highest BCUT2D eigenvalue weighted by atomic mass is 32.1. The summed E-state index contributed by atoms with van der Waals surface area (Å²) < 4.78 is 17.6. The Bertz CT molecular complexity index is 1070. The van der Waals surface area contributed by atoms with Crippen molar-refractivity contribution in [2.45, 2.75) is 24.9 Å². The number of carboxylic acid groups (broad SMARTS) is 1. The molecule has 0 aliphatic heterocycles. The number of anilines is 1. The van der Waals surface area contributed by atoms with Crippen molar-refractivity contribution in [2.24, 2.45) is 0 Å². The monoisotopic (exact) mass is 475 g/mol. The predicted octanol–water partition coefficient (Wildman–Crippen LogP) is 2.62. The van der Waals surface area contributed by atoms with Crippen LogP contribution >= 0.6 is 19.9 Å². The number of benzene rings is 2. The van der Waals surface area contributed by atoms with E-state index in [-0.39, 0.29) is 23.9 Å². The number of aromatic nitrogens is 1. The van der Waals surface area contributed by atoms with Crippen molar-refractivity contribution in [2.75, 3.05) is 5.32 Å². The topological polar surface area (TPSA) is 138 Å². The van der Waals surface area contributed by atoms with Crippen LogP contribution in [0.3, 0.4) is 0 Å². The summed E-state index contributed by atoms with van der Waals surface area (Å²) in [6.07, 6.45) is -1.80. The van der Waals surface area contributed by atoms with E-state index in [0.717, 1.165) is 16.9 Å². The molecule has 3 rings (SSSR count). The first kappa shape index (κ1) is 23.8. The summed E-state index contributed by atoms with van der Waals surface area (Å²) in [5.41, 5.74) is -0.695. The van der Waals surface area contributed by atoms with Crippen molar-refractivity contribution in [3.05, 3.63) is 82.9 Å². The van der Waals surface area contributed by atoms with Crippen LogP contribution in [0.25, 0.3) is 0 Å². The average Bonchev–Trinajstić information content (AvgIpc) is 3.23. The molecule has 0 aliphatic carbocycles. The maximum atomic E-state index is 13.4. The molecule has 3 aromatic rings. The molecule has 168 valence electrons. The number of amides is 1. The molecule has 0 aliphatic rings. The van der Waals surface area contributed by atoms with E-state index >= 15 is 0 Å². The third-order valence-electron chi connectivity index (χ3n) is 4.52. The minimum absolute atomic E-state index is 0.0489. The van der Waals surface area contributed by atoms with Gasteiger partial charge in [-0.25, -0.2) is 10.1 Å². The summed E-state index contributed by atoms with van der Waals surface area (Å²) in [4.78, 5) is 28.3. The lowest BCUT2D eigenvalue weighted by molar-refractivity contribution is -0.168. The molecular formula is C21H22N3O6PS. The predicted molar refractivity (Wildman–Crippen MR) is 121 cm³/mol. The molecule has 0 bridgehead atoms. The van der Waals surface area contributed by atoms with Crippen LogP contribution in [0.1, 0.15) is 22.9 Å². The summed E-state index contributed by atoms with van der Waals surface area (Å²) in [5, 5.41) is 26.8. The van der Waals surface area contributed by atoms with Gasteiger partial charge in [0.1, 0.15) is 14.7 Å². The summed E-state index contributed by atoms with van der Waals surface area (Å²) in [7, 11) is -1.70. The lowest BCUT2D eigenvalue weighted by Crippen LogP contribution is -2.57. The molecule has 1 heterocycles. The number of rotatable bonds is 11. The van der Waals surface area contributed by atoms with Crippen LogP contribution in [0.4, 0.5) is 5.13 Å². The Labute approximate surface area is 189 Å². The Balaban J connectivity index is 1.92. The third kappa shape index (κ3) is 5.87. The number of thiazole rings is 1. The van der Waals surface area contributed by atoms with Gasteiger partial charge in [0.15, 0.2) is 5.13 Å². The zero-order chi connectivity index (χ0) is 23.0. The van der Waals surface area contributed by atoms with Gasteiger partial charge in [0.05, 0.1) is 18.7 Å². The lowest BCUT2D eigenvalue weighted by atomic mass is 9.98. The second-order valence-electron chi connectivity index (χ2n) is 6.75. The van der Waals surface area contributed by atoms with Gasteiger partial charge in [0.2, 0.25) is 5.72 Å². The van der Waals surface area contributed by atoms with E-state index in [1.165, 1.54) is 5.38 Å². The molecule has 0 saturated carbocycles. The van der Waals surface area contributed by atoms with Gasteiger partial charge in [-0.3, -0.25) is 14.9 Å². The lowest BCUT2D eigenvalue weighted by Gasteiger charge is -2.35.